The van der Waals surface area contributed by atoms with Crippen LogP contribution in [-0.2, 0) is 26.8 Å². The van der Waals surface area contributed by atoms with Crippen LogP contribution in [0.5, 0.6) is 11.6 Å². The van der Waals surface area contributed by atoms with Crippen LogP contribution >= 0.6 is 8.25 Å². The lowest BCUT2D eigenvalue weighted by Crippen LogP contribution is -2.36. The Morgan fingerprint density at radius 3 is 2.44 bits per heavy atom. The van der Waals surface area contributed by atoms with E-state index in [1.807, 2.05) is 30.3 Å². The molecule has 1 saturated carbocycles. The second-order valence-corrected chi connectivity index (χ2v) is 12.1. The first kappa shape index (κ1) is 31.0. The Bertz CT molecular complexity index is 1320. The maximum Gasteiger partial charge on any atom is 0.697 e. The molecule has 1 fully saturated rings. The largest absolute Gasteiger partial charge is 0.697 e. The second-order valence-electron chi connectivity index (χ2n) is 11.1. The van der Waals surface area contributed by atoms with Crippen LogP contribution < -0.4 is 9.47 Å². The van der Waals surface area contributed by atoms with Crippen LogP contribution in [-0.4, -0.2) is 42.8 Å². The lowest BCUT2D eigenvalue weighted by molar-refractivity contribution is 0.166. The van der Waals surface area contributed by atoms with Crippen LogP contribution in [0.3, 0.4) is 0 Å². The zero-order chi connectivity index (χ0) is 29.5. The van der Waals surface area contributed by atoms with Crippen LogP contribution in [0.1, 0.15) is 63.1 Å². The van der Waals surface area contributed by atoms with Gasteiger partial charge in [-0.25, -0.2) is 9.37 Å². The van der Waals surface area contributed by atoms with Gasteiger partial charge in [-0.1, -0.05) is 30.3 Å². The van der Waals surface area contributed by atoms with Gasteiger partial charge in [-0.2, -0.15) is 0 Å². The number of halogens is 1. The lowest BCUT2D eigenvalue weighted by atomic mass is 9.95. The number of aromatic nitrogens is 1. The van der Waals surface area contributed by atoms with Gasteiger partial charge in [-0.3, -0.25) is 4.90 Å². The van der Waals surface area contributed by atoms with Gasteiger partial charge in [0.1, 0.15) is 24.8 Å². The molecule has 2 atom stereocenters. The molecule has 0 spiro atoms. The van der Waals surface area contributed by atoms with Gasteiger partial charge < -0.3 is 9.47 Å². The lowest BCUT2D eigenvalue weighted by Gasteiger charge is -2.31. The number of ether oxygens (including phenoxy) is 2. The van der Waals surface area contributed by atoms with E-state index in [0.717, 1.165) is 40.8 Å². The smallest absolute Gasteiger partial charge is 0.489 e. The molecule has 0 radical (unpaired) electrons. The maximum absolute atomic E-state index is 15.0. The molecule has 2 aromatic carbocycles. The Kier molecular flexibility index (Phi) is 10.8. The minimum atomic E-state index is -2.10. The molecule has 1 heterocycles. The van der Waals surface area contributed by atoms with Crippen LogP contribution in [0.25, 0.3) is 11.1 Å². The normalized spacial score (nSPS) is 14.5. The molecule has 1 aliphatic carbocycles. The highest BCUT2D eigenvalue weighted by molar-refractivity contribution is 7.33. The monoisotopic (exact) mass is 583 g/mol. The summed E-state index contributed by atoms with van der Waals surface area (Å²) in [6, 6.07) is 16.3. The van der Waals surface area contributed by atoms with Gasteiger partial charge in [0, 0.05) is 40.7 Å². The number of benzene rings is 2. The minimum Gasteiger partial charge on any atom is -0.489 e. The molecule has 220 valence electrons. The first-order valence-corrected chi connectivity index (χ1v) is 15.2. The summed E-state index contributed by atoms with van der Waals surface area (Å²) < 4.78 is 48.4. The highest BCUT2D eigenvalue weighted by Gasteiger charge is 2.35. The zero-order valence-corrected chi connectivity index (χ0v) is 25.7. The molecule has 7 nitrogen and oxygen atoms in total. The van der Waals surface area contributed by atoms with Crippen molar-refractivity contribution in [2.75, 3.05) is 20.8 Å². The second kappa shape index (κ2) is 14.3. The summed E-state index contributed by atoms with van der Waals surface area (Å²) in [4.78, 5) is 6.39. The third-order valence-electron chi connectivity index (χ3n) is 7.57. The van der Waals surface area contributed by atoms with E-state index in [0.29, 0.717) is 49.2 Å². The van der Waals surface area contributed by atoms with E-state index in [4.69, 9.17) is 18.5 Å². The van der Waals surface area contributed by atoms with Gasteiger partial charge in [0.2, 0.25) is 5.88 Å². The molecule has 1 aliphatic rings. The molecular weight excluding hydrogens is 542 g/mol. The van der Waals surface area contributed by atoms with Gasteiger partial charge in [0.05, 0.1) is 20.4 Å². The fourth-order valence-electron chi connectivity index (χ4n) is 5.22. The van der Waals surface area contributed by atoms with Crippen molar-refractivity contribution < 1.29 is 27.5 Å². The molecule has 9 heteroatoms. The average molecular weight is 584 g/mol. The zero-order valence-electron chi connectivity index (χ0n) is 24.8. The Morgan fingerprint density at radius 2 is 1.78 bits per heavy atom. The van der Waals surface area contributed by atoms with Crippen molar-refractivity contribution >= 4 is 8.25 Å². The molecule has 0 amide bonds. The third kappa shape index (κ3) is 8.32. The summed E-state index contributed by atoms with van der Waals surface area (Å²) in [7, 11) is 0.804. The molecular formula is C32H41FN2O5P+. The van der Waals surface area contributed by atoms with Crippen molar-refractivity contribution in [2.24, 2.45) is 5.92 Å². The number of nitrogens with zero attached hydrogens (tertiary/aromatic N) is 2. The van der Waals surface area contributed by atoms with E-state index in [9.17, 15) is 8.96 Å². The van der Waals surface area contributed by atoms with Gasteiger partial charge in [-0.05, 0) is 80.8 Å². The molecule has 0 N–H and O–H groups in total. The van der Waals surface area contributed by atoms with Crippen molar-refractivity contribution in [3.8, 4) is 22.8 Å². The fourth-order valence-corrected chi connectivity index (χ4v) is 5.61. The molecule has 3 aromatic rings. The van der Waals surface area contributed by atoms with Gasteiger partial charge in [0.25, 0.3) is 0 Å². The van der Waals surface area contributed by atoms with E-state index in [-0.39, 0.29) is 5.92 Å². The molecule has 41 heavy (non-hydrogen) atoms. The van der Waals surface area contributed by atoms with Crippen molar-refractivity contribution in [3.63, 3.8) is 0 Å². The summed E-state index contributed by atoms with van der Waals surface area (Å²) in [5, 5.41) is 0. The molecule has 1 aromatic heterocycles. The summed E-state index contributed by atoms with van der Waals surface area (Å²) in [5.74, 6) is 1.39. The fraction of sp³-hybridized carbons (Fsp3) is 0.469. The molecule has 0 bridgehead atoms. The Hall–Kier alpha value is -2.90. The summed E-state index contributed by atoms with van der Waals surface area (Å²) in [5.41, 5.74) is 4.37. The molecule has 0 saturated heterocycles. The first-order chi connectivity index (χ1) is 19.7. The summed E-state index contributed by atoms with van der Waals surface area (Å²) in [6.07, 6.45) is 3.47. The summed E-state index contributed by atoms with van der Waals surface area (Å²) in [6.45, 7) is 10.0. The van der Waals surface area contributed by atoms with Gasteiger partial charge in [-0.15, -0.1) is 9.05 Å². The van der Waals surface area contributed by atoms with Crippen LogP contribution in [0.15, 0.2) is 54.7 Å². The quantitative estimate of drug-likeness (QED) is 0.168. The number of pyridine rings is 1. The van der Waals surface area contributed by atoms with E-state index < -0.39 is 14.1 Å². The number of methoxy groups -OCH3 is 1. The third-order valence-corrected chi connectivity index (χ3v) is 8.23. The van der Waals surface area contributed by atoms with Crippen molar-refractivity contribution in [3.05, 3.63) is 77.2 Å². The Labute approximate surface area is 243 Å². The van der Waals surface area contributed by atoms with Crippen LogP contribution in [0.2, 0.25) is 0 Å². The minimum absolute atomic E-state index is 0.142. The molecule has 4 rings (SSSR count). The SMILES string of the molecule is COc1cc(-c2ccc(COc3cccc(C(CO[P+](=O)OC)C4CC4)c3)cc2CN(C(C)C)C(C)C)c(F)cn1. The van der Waals surface area contributed by atoms with Gasteiger partial charge in [0.15, 0.2) is 0 Å². The van der Waals surface area contributed by atoms with E-state index in [2.05, 4.69) is 49.7 Å². The summed E-state index contributed by atoms with van der Waals surface area (Å²) >= 11 is 0. The Morgan fingerprint density at radius 1 is 1.02 bits per heavy atom. The van der Waals surface area contributed by atoms with Crippen molar-refractivity contribution in [1.82, 2.24) is 9.88 Å². The topological polar surface area (TPSA) is 70.1 Å². The van der Waals surface area contributed by atoms with Crippen molar-refractivity contribution in [2.45, 2.75) is 71.7 Å². The van der Waals surface area contributed by atoms with E-state index in [1.165, 1.54) is 20.4 Å². The predicted molar refractivity (Wildman–Crippen MR) is 159 cm³/mol. The molecule has 0 aliphatic heterocycles. The standard InChI is InChI=1S/C32H41FN2O5P/c1-21(2)35(22(3)4)18-26-14-23(10-13-28(26)29-16-32(37-5)34-17-31(29)33)19-39-27-9-7-8-25(15-27)30(24-11-12-24)20-40-41(36)38-6/h7-10,13-17,21-22,24,30H,11-12,18-20H2,1-6H3/q+1. The van der Waals surface area contributed by atoms with Crippen LogP contribution in [0.4, 0.5) is 4.39 Å². The van der Waals surface area contributed by atoms with Crippen molar-refractivity contribution in [1.29, 1.82) is 0 Å². The highest BCUT2D eigenvalue weighted by Crippen LogP contribution is 2.44. The van der Waals surface area contributed by atoms with Gasteiger partial charge >= 0.3 is 8.25 Å². The first-order valence-electron chi connectivity index (χ1n) is 14.1. The number of hydrogen-bond donors (Lipinski definition) is 0. The van der Waals surface area contributed by atoms with E-state index in [1.54, 1.807) is 6.07 Å². The average Bonchev–Trinajstić information content (AvgIpc) is 3.80. The number of rotatable bonds is 15. The Balaban J connectivity index is 1.58. The maximum atomic E-state index is 15.0. The van der Waals surface area contributed by atoms with Crippen LogP contribution in [0, 0.1) is 11.7 Å². The van der Waals surface area contributed by atoms with E-state index >= 15 is 0 Å². The number of hydrogen-bond acceptors (Lipinski definition) is 7. The molecule has 2 unspecified atom stereocenters. The highest BCUT2D eigenvalue weighted by atomic mass is 31.1. The predicted octanol–water partition coefficient (Wildman–Crippen LogP) is 7.91.